The van der Waals surface area contributed by atoms with E-state index in [1.165, 1.54) is 17.7 Å². The topological polar surface area (TPSA) is 49.4 Å². The molecule has 0 saturated carbocycles. The number of hydrogen-bond donors (Lipinski definition) is 1. The fourth-order valence-corrected chi connectivity index (χ4v) is 2.95. The Morgan fingerprint density at radius 3 is 2.44 bits per heavy atom. The van der Waals surface area contributed by atoms with Crippen molar-refractivity contribution in [3.8, 4) is 0 Å². The fraction of sp³-hybridized carbons (Fsp3) is 0.300. The third-order valence-corrected chi connectivity index (χ3v) is 4.46. The average molecular weight is 340 g/mol. The number of nitrogens with zero attached hydrogens (tertiary/aromatic N) is 1. The van der Waals surface area contributed by atoms with E-state index in [0.29, 0.717) is 19.6 Å². The highest BCUT2D eigenvalue weighted by atomic mass is 19.1. The molecule has 1 atom stereocenters. The van der Waals surface area contributed by atoms with Crippen molar-refractivity contribution in [1.29, 1.82) is 0 Å². The van der Waals surface area contributed by atoms with Crippen molar-refractivity contribution >= 4 is 11.8 Å². The third-order valence-electron chi connectivity index (χ3n) is 4.46. The smallest absolute Gasteiger partial charge is 0.225 e. The maximum absolute atomic E-state index is 12.9. The zero-order valence-corrected chi connectivity index (χ0v) is 14.2. The summed E-state index contributed by atoms with van der Waals surface area (Å²) in [5.41, 5.74) is 3.07. The Morgan fingerprint density at radius 1 is 1.12 bits per heavy atom. The summed E-state index contributed by atoms with van der Waals surface area (Å²) < 4.78 is 12.9. The molecule has 4 nitrogen and oxygen atoms in total. The summed E-state index contributed by atoms with van der Waals surface area (Å²) in [6.07, 6.45) is 0.237. The number of halogens is 1. The first kappa shape index (κ1) is 17.1. The minimum atomic E-state index is -0.335. The lowest BCUT2D eigenvalue weighted by Crippen LogP contribution is -2.32. The number of nitrogens with one attached hydrogen (secondary N) is 1. The van der Waals surface area contributed by atoms with Gasteiger partial charge in [0, 0.05) is 26.1 Å². The van der Waals surface area contributed by atoms with Gasteiger partial charge in [-0.2, -0.15) is 0 Å². The number of likely N-dealkylation sites (tertiary alicyclic amines) is 1. The number of benzene rings is 2. The molecule has 0 unspecified atom stereocenters. The van der Waals surface area contributed by atoms with Gasteiger partial charge in [0.25, 0.3) is 0 Å². The van der Waals surface area contributed by atoms with Crippen LogP contribution in [0, 0.1) is 18.7 Å². The van der Waals surface area contributed by atoms with E-state index >= 15 is 0 Å². The third kappa shape index (κ3) is 4.44. The first-order chi connectivity index (χ1) is 12.0. The number of amides is 2. The van der Waals surface area contributed by atoms with Crippen LogP contribution in [-0.4, -0.2) is 23.3 Å². The molecule has 5 heteroatoms. The predicted molar refractivity (Wildman–Crippen MR) is 92.9 cm³/mol. The highest BCUT2D eigenvalue weighted by Gasteiger charge is 2.34. The Bertz CT molecular complexity index is 756. The van der Waals surface area contributed by atoms with Crippen molar-refractivity contribution < 1.29 is 14.0 Å². The number of hydrogen-bond acceptors (Lipinski definition) is 2. The summed E-state index contributed by atoms with van der Waals surface area (Å²) in [4.78, 5) is 26.2. The molecule has 1 aliphatic rings. The quantitative estimate of drug-likeness (QED) is 0.910. The Kier molecular flexibility index (Phi) is 5.12. The minimum absolute atomic E-state index is 0.00232. The van der Waals surface area contributed by atoms with Crippen LogP contribution in [0.1, 0.15) is 23.1 Å². The Labute approximate surface area is 146 Å². The molecule has 2 aromatic rings. The van der Waals surface area contributed by atoms with Crippen molar-refractivity contribution in [1.82, 2.24) is 10.2 Å². The molecule has 3 rings (SSSR count). The Morgan fingerprint density at radius 2 is 1.76 bits per heavy atom. The van der Waals surface area contributed by atoms with Crippen LogP contribution in [-0.2, 0) is 22.7 Å². The summed E-state index contributed by atoms with van der Waals surface area (Å²) in [5, 5.41) is 2.83. The zero-order chi connectivity index (χ0) is 17.8. The second kappa shape index (κ2) is 7.47. The van der Waals surface area contributed by atoms with E-state index in [1.54, 1.807) is 17.0 Å². The maximum atomic E-state index is 12.9. The monoisotopic (exact) mass is 340 g/mol. The molecule has 25 heavy (non-hydrogen) atoms. The Balaban J connectivity index is 1.53. The first-order valence-corrected chi connectivity index (χ1v) is 8.37. The summed E-state index contributed by atoms with van der Waals surface area (Å²) in [6.45, 7) is 3.32. The minimum Gasteiger partial charge on any atom is -0.352 e. The summed E-state index contributed by atoms with van der Waals surface area (Å²) in [5.74, 6) is -0.770. The van der Waals surface area contributed by atoms with Gasteiger partial charge in [-0.15, -0.1) is 0 Å². The van der Waals surface area contributed by atoms with E-state index in [-0.39, 0.29) is 30.0 Å². The summed E-state index contributed by atoms with van der Waals surface area (Å²) >= 11 is 0. The van der Waals surface area contributed by atoms with Gasteiger partial charge in [0.05, 0.1) is 5.92 Å². The normalized spacial score (nSPS) is 17.0. The van der Waals surface area contributed by atoms with Crippen molar-refractivity contribution in [2.24, 2.45) is 5.92 Å². The van der Waals surface area contributed by atoms with E-state index in [2.05, 4.69) is 5.32 Å². The number of carbonyl (C=O) groups excluding carboxylic acids is 2. The number of carbonyl (C=O) groups is 2. The first-order valence-electron chi connectivity index (χ1n) is 8.37. The van der Waals surface area contributed by atoms with Gasteiger partial charge < -0.3 is 10.2 Å². The molecule has 130 valence electrons. The standard InChI is InChI=1S/C20H21FN2O2/c1-14-2-4-16(5-3-14)12-23-13-17(10-19(23)24)20(25)22-11-15-6-8-18(21)9-7-15/h2-9,17H,10-13H2,1H3,(H,22,25)/t17-/m0/s1. The van der Waals surface area contributed by atoms with Crippen molar-refractivity contribution in [3.63, 3.8) is 0 Å². The van der Waals surface area contributed by atoms with Crippen LogP contribution in [0.4, 0.5) is 4.39 Å². The molecule has 0 aromatic heterocycles. The van der Waals surface area contributed by atoms with Crippen molar-refractivity contribution in [2.45, 2.75) is 26.4 Å². The van der Waals surface area contributed by atoms with Crippen molar-refractivity contribution in [2.75, 3.05) is 6.54 Å². The van der Waals surface area contributed by atoms with Gasteiger partial charge in [-0.05, 0) is 30.2 Å². The van der Waals surface area contributed by atoms with Gasteiger partial charge in [0.2, 0.25) is 11.8 Å². The highest BCUT2D eigenvalue weighted by molar-refractivity contribution is 5.89. The number of rotatable bonds is 5. The molecule has 1 N–H and O–H groups in total. The van der Waals surface area contributed by atoms with Crippen LogP contribution in [0.3, 0.4) is 0 Å². The molecule has 1 fully saturated rings. The molecule has 0 radical (unpaired) electrons. The van der Waals surface area contributed by atoms with E-state index in [0.717, 1.165) is 11.1 Å². The van der Waals surface area contributed by atoms with E-state index in [1.807, 2.05) is 31.2 Å². The van der Waals surface area contributed by atoms with Crippen LogP contribution in [0.2, 0.25) is 0 Å². The van der Waals surface area contributed by atoms with Crippen LogP contribution in [0.5, 0.6) is 0 Å². The van der Waals surface area contributed by atoms with E-state index in [9.17, 15) is 14.0 Å². The molecule has 0 spiro atoms. The van der Waals surface area contributed by atoms with Gasteiger partial charge in [-0.3, -0.25) is 9.59 Å². The largest absolute Gasteiger partial charge is 0.352 e. The molecule has 1 saturated heterocycles. The molecule has 2 amide bonds. The molecule has 0 aliphatic carbocycles. The maximum Gasteiger partial charge on any atom is 0.225 e. The summed E-state index contributed by atoms with van der Waals surface area (Å²) in [6, 6.07) is 14.0. The van der Waals surface area contributed by atoms with Crippen LogP contribution < -0.4 is 5.32 Å². The van der Waals surface area contributed by atoms with Gasteiger partial charge in [0.1, 0.15) is 5.82 Å². The average Bonchev–Trinajstić information content (AvgIpc) is 2.97. The second-order valence-corrected chi connectivity index (χ2v) is 6.51. The lowest BCUT2D eigenvalue weighted by Gasteiger charge is -2.17. The van der Waals surface area contributed by atoms with Crippen LogP contribution in [0.25, 0.3) is 0 Å². The molecular formula is C20H21FN2O2. The molecule has 0 bridgehead atoms. The van der Waals surface area contributed by atoms with Gasteiger partial charge in [-0.1, -0.05) is 42.0 Å². The van der Waals surface area contributed by atoms with E-state index in [4.69, 9.17) is 0 Å². The number of aryl methyl sites for hydroxylation is 1. The lowest BCUT2D eigenvalue weighted by atomic mass is 10.1. The zero-order valence-electron chi connectivity index (χ0n) is 14.2. The lowest BCUT2D eigenvalue weighted by molar-refractivity contribution is -0.129. The Hall–Kier alpha value is -2.69. The second-order valence-electron chi connectivity index (χ2n) is 6.51. The van der Waals surface area contributed by atoms with Crippen molar-refractivity contribution in [3.05, 3.63) is 71.0 Å². The van der Waals surface area contributed by atoms with Gasteiger partial charge in [-0.25, -0.2) is 4.39 Å². The SMILES string of the molecule is Cc1ccc(CN2C[C@@H](C(=O)NCc3ccc(F)cc3)CC2=O)cc1. The van der Waals surface area contributed by atoms with Crippen LogP contribution in [0.15, 0.2) is 48.5 Å². The van der Waals surface area contributed by atoms with E-state index < -0.39 is 0 Å². The molecule has 2 aromatic carbocycles. The summed E-state index contributed by atoms with van der Waals surface area (Å²) in [7, 11) is 0. The molecule has 1 aliphatic heterocycles. The predicted octanol–water partition coefficient (Wildman–Crippen LogP) is 2.80. The molecular weight excluding hydrogens is 319 g/mol. The van der Waals surface area contributed by atoms with Gasteiger partial charge in [0.15, 0.2) is 0 Å². The van der Waals surface area contributed by atoms with Gasteiger partial charge >= 0.3 is 0 Å². The van der Waals surface area contributed by atoms with Crippen LogP contribution >= 0.6 is 0 Å². The fourth-order valence-electron chi connectivity index (χ4n) is 2.95. The molecule has 1 heterocycles. The highest BCUT2D eigenvalue weighted by Crippen LogP contribution is 2.20.